The Balaban J connectivity index is 1.70. The van der Waals surface area contributed by atoms with E-state index in [2.05, 4.69) is 25.6 Å². The van der Waals surface area contributed by atoms with Gasteiger partial charge in [0.05, 0.1) is 11.9 Å². The zero-order valence-electron chi connectivity index (χ0n) is 11.0. The third-order valence-electron chi connectivity index (χ3n) is 3.68. The van der Waals surface area contributed by atoms with E-state index >= 15 is 0 Å². The fraction of sp³-hybridized carbons (Fsp3) is 0.143. The average molecular weight is 280 g/mol. The molecule has 0 saturated heterocycles. The molecule has 0 radical (unpaired) electrons. The van der Waals surface area contributed by atoms with Crippen molar-refractivity contribution in [3.05, 3.63) is 54.2 Å². The molecule has 1 aliphatic heterocycles. The highest BCUT2D eigenvalue weighted by Gasteiger charge is 2.27. The second-order valence-electron chi connectivity index (χ2n) is 4.94. The van der Waals surface area contributed by atoms with Crippen molar-refractivity contribution < 1.29 is 4.79 Å². The minimum Gasteiger partial charge on any atom is -0.311 e. The van der Waals surface area contributed by atoms with Crippen LogP contribution in [0.1, 0.15) is 23.5 Å². The van der Waals surface area contributed by atoms with E-state index in [1.165, 1.54) is 6.33 Å². The largest absolute Gasteiger partial charge is 0.311 e. The van der Waals surface area contributed by atoms with Gasteiger partial charge in [-0.05, 0) is 17.7 Å². The first-order valence-electron chi connectivity index (χ1n) is 6.59. The van der Waals surface area contributed by atoms with Crippen LogP contribution >= 0.6 is 0 Å². The van der Waals surface area contributed by atoms with Crippen molar-refractivity contribution in [3.8, 4) is 5.69 Å². The number of nitrogens with one attached hydrogen (secondary N) is 2. The average Bonchev–Trinajstić information content (AvgIpc) is 3.17. The Morgan fingerprint density at radius 3 is 2.86 bits per heavy atom. The quantitative estimate of drug-likeness (QED) is 0.744. The van der Waals surface area contributed by atoms with Gasteiger partial charge in [-0.2, -0.15) is 10.2 Å². The van der Waals surface area contributed by atoms with E-state index in [1.54, 1.807) is 17.2 Å². The van der Waals surface area contributed by atoms with Crippen LogP contribution in [0, 0.1) is 0 Å². The van der Waals surface area contributed by atoms with Gasteiger partial charge in [0.15, 0.2) is 0 Å². The molecule has 3 heterocycles. The number of fused-ring (bicyclic) bond motifs is 1. The lowest BCUT2D eigenvalue weighted by Gasteiger charge is -2.22. The molecule has 0 bridgehead atoms. The highest BCUT2D eigenvalue weighted by atomic mass is 16.1. The molecule has 0 fully saturated rings. The Bertz CT molecular complexity index is 774. The molecule has 2 N–H and O–H groups in total. The lowest BCUT2D eigenvalue weighted by molar-refractivity contribution is -0.116. The number of carbonyl (C=O) groups is 1. The van der Waals surface area contributed by atoms with Crippen LogP contribution in [0.4, 0.5) is 5.82 Å². The maximum absolute atomic E-state index is 11.8. The number of rotatable bonds is 2. The molecule has 21 heavy (non-hydrogen) atoms. The number of amides is 1. The summed E-state index contributed by atoms with van der Waals surface area (Å²) in [7, 11) is 0. The van der Waals surface area contributed by atoms with Gasteiger partial charge in [0, 0.05) is 17.9 Å². The van der Waals surface area contributed by atoms with Crippen molar-refractivity contribution in [1.29, 1.82) is 0 Å². The predicted octanol–water partition coefficient (Wildman–Crippen LogP) is 1.46. The smallest absolute Gasteiger partial charge is 0.226 e. The maximum Gasteiger partial charge on any atom is 0.226 e. The van der Waals surface area contributed by atoms with Crippen LogP contribution in [0.25, 0.3) is 5.69 Å². The predicted molar refractivity (Wildman–Crippen MR) is 75.0 cm³/mol. The van der Waals surface area contributed by atoms with Gasteiger partial charge in [-0.1, -0.05) is 12.1 Å². The number of carbonyl (C=O) groups excluding carboxylic acids is 1. The van der Waals surface area contributed by atoms with Gasteiger partial charge in [0.25, 0.3) is 0 Å². The number of aromatic nitrogens is 5. The molecule has 1 unspecified atom stereocenters. The monoisotopic (exact) mass is 280 g/mol. The number of aromatic amines is 1. The van der Waals surface area contributed by atoms with Crippen molar-refractivity contribution in [1.82, 2.24) is 25.0 Å². The zero-order valence-corrected chi connectivity index (χ0v) is 11.0. The second kappa shape index (κ2) is 4.55. The highest BCUT2D eigenvalue weighted by molar-refractivity contribution is 5.94. The summed E-state index contributed by atoms with van der Waals surface area (Å²) in [5.74, 6) is 0.714. The number of benzene rings is 1. The van der Waals surface area contributed by atoms with Gasteiger partial charge < -0.3 is 5.32 Å². The molecule has 1 amide bonds. The van der Waals surface area contributed by atoms with Crippen molar-refractivity contribution in [2.75, 3.05) is 5.32 Å². The van der Waals surface area contributed by atoms with E-state index < -0.39 is 0 Å². The summed E-state index contributed by atoms with van der Waals surface area (Å²) in [6.07, 6.45) is 5.34. The van der Waals surface area contributed by atoms with Gasteiger partial charge in [-0.3, -0.25) is 9.89 Å². The first kappa shape index (κ1) is 11.8. The molecule has 2 aromatic heterocycles. The fourth-order valence-corrected chi connectivity index (χ4v) is 2.64. The molecule has 7 heteroatoms. The van der Waals surface area contributed by atoms with E-state index in [4.69, 9.17) is 0 Å². The van der Waals surface area contributed by atoms with Crippen LogP contribution in [-0.4, -0.2) is 30.9 Å². The van der Waals surface area contributed by atoms with Crippen molar-refractivity contribution >= 4 is 11.7 Å². The summed E-state index contributed by atoms with van der Waals surface area (Å²) in [5, 5.41) is 13.7. The molecule has 3 aromatic rings. The second-order valence-corrected chi connectivity index (χ2v) is 4.94. The van der Waals surface area contributed by atoms with Crippen LogP contribution in [0.15, 0.2) is 43.1 Å². The lowest BCUT2D eigenvalue weighted by atomic mass is 9.87. The van der Waals surface area contributed by atoms with Crippen molar-refractivity contribution in [2.45, 2.75) is 12.3 Å². The SMILES string of the molecule is O=C1CC(c2ccc(-n3cncn3)cc2)c2cn[nH]c2N1. The van der Waals surface area contributed by atoms with Crippen LogP contribution in [0.5, 0.6) is 0 Å². The first-order chi connectivity index (χ1) is 10.3. The lowest BCUT2D eigenvalue weighted by Crippen LogP contribution is -2.22. The molecule has 104 valence electrons. The first-order valence-corrected chi connectivity index (χ1v) is 6.59. The molecule has 4 rings (SSSR count). The topological polar surface area (TPSA) is 88.5 Å². The third-order valence-corrected chi connectivity index (χ3v) is 3.68. The Labute approximate surface area is 120 Å². The standard InChI is InChI=1S/C14H12N6O/c21-13-5-11(12-6-16-19-14(12)18-13)9-1-3-10(4-2-9)20-8-15-7-17-20/h1-4,6-8,11H,5H2,(H2,16,18,19,21). The van der Waals surface area contributed by atoms with Crippen LogP contribution in [-0.2, 0) is 4.79 Å². The van der Waals surface area contributed by atoms with E-state index in [0.29, 0.717) is 12.2 Å². The van der Waals surface area contributed by atoms with E-state index in [1.807, 2.05) is 24.3 Å². The molecule has 1 aliphatic rings. The Kier molecular flexibility index (Phi) is 2.56. The van der Waals surface area contributed by atoms with E-state index in [0.717, 1.165) is 16.8 Å². The molecule has 0 saturated carbocycles. The van der Waals surface area contributed by atoms with Gasteiger partial charge in [-0.15, -0.1) is 0 Å². The fourth-order valence-electron chi connectivity index (χ4n) is 2.64. The molecule has 1 aromatic carbocycles. The summed E-state index contributed by atoms with van der Waals surface area (Å²) in [4.78, 5) is 15.7. The summed E-state index contributed by atoms with van der Waals surface area (Å²) < 4.78 is 1.70. The van der Waals surface area contributed by atoms with Gasteiger partial charge in [0.1, 0.15) is 18.5 Å². The van der Waals surface area contributed by atoms with E-state index in [9.17, 15) is 4.79 Å². The molecule has 0 spiro atoms. The number of nitrogens with zero attached hydrogens (tertiary/aromatic N) is 4. The van der Waals surface area contributed by atoms with Crippen LogP contribution < -0.4 is 5.32 Å². The highest BCUT2D eigenvalue weighted by Crippen LogP contribution is 2.35. The van der Waals surface area contributed by atoms with Gasteiger partial charge in [0.2, 0.25) is 5.91 Å². The Hall–Kier alpha value is -2.96. The summed E-state index contributed by atoms with van der Waals surface area (Å²) in [6, 6.07) is 7.96. The zero-order chi connectivity index (χ0) is 14.2. The molecular weight excluding hydrogens is 268 g/mol. The number of anilines is 1. The Morgan fingerprint density at radius 2 is 2.10 bits per heavy atom. The minimum atomic E-state index is -0.00268. The van der Waals surface area contributed by atoms with Gasteiger partial charge in [-0.25, -0.2) is 9.67 Å². The summed E-state index contributed by atoms with van der Waals surface area (Å²) in [6.45, 7) is 0. The Morgan fingerprint density at radius 1 is 1.24 bits per heavy atom. The minimum absolute atomic E-state index is 0.00268. The van der Waals surface area contributed by atoms with Crippen molar-refractivity contribution in [2.24, 2.45) is 0 Å². The third kappa shape index (κ3) is 1.99. The maximum atomic E-state index is 11.8. The summed E-state index contributed by atoms with van der Waals surface area (Å²) >= 11 is 0. The summed E-state index contributed by atoms with van der Waals surface area (Å²) in [5.41, 5.74) is 3.03. The molecule has 7 nitrogen and oxygen atoms in total. The number of H-pyrrole nitrogens is 1. The van der Waals surface area contributed by atoms with E-state index in [-0.39, 0.29) is 11.8 Å². The van der Waals surface area contributed by atoms with Crippen molar-refractivity contribution in [3.63, 3.8) is 0 Å². The van der Waals surface area contributed by atoms with Crippen LogP contribution in [0.3, 0.4) is 0 Å². The van der Waals surface area contributed by atoms with Gasteiger partial charge >= 0.3 is 0 Å². The van der Waals surface area contributed by atoms with Crippen LogP contribution in [0.2, 0.25) is 0 Å². The number of hydrogen-bond donors (Lipinski definition) is 2. The molecule has 1 atom stereocenters. The molecular formula is C14H12N6O. The molecule has 0 aliphatic carbocycles. The number of hydrogen-bond acceptors (Lipinski definition) is 4. The normalized spacial score (nSPS) is 17.3.